The van der Waals surface area contributed by atoms with Gasteiger partial charge in [0, 0.05) is 17.7 Å². The minimum absolute atomic E-state index is 0.0285. The molecule has 0 saturated carbocycles. The van der Waals surface area contributed by atoms with Crippen molar-refractivity contribution in [3.63, 3.8) is 0 Å². The van der Waals surface area contributed by atoms with E-state index in [4.69, 9.17) is 9.47 Å². The van der Waals surface area contributed by atoms with Gasteiger partial charge in [-0.1, -0.05) is 103 Å². The molecular formula is C40H33N5O5S. The number of thioether (sulfide) groups is 1. The first-order chi connectivity index (χ1) is 25.0. The highest BCUT2D eigenvalue weighted by Crippen LogP contribution is 2.40. The molecule has 51 heavy (non-hydrogen) atoms. The molecule has 1 saturated heterocycles. The van der Waals surface area contributed by atoms with Gasteiger partial charge >= 0.3 is 0 Å². The Labute approximate surface area is 298 Å². The standard InChI is InChI=1S/C40H33N5O5S/c46-24-26-16-18-28(19-17-26)36-22-33(25-51-40-41-42-43-45(40)32-12-2-1-3-13-32)49-39(50-36)31-11-7-10-30(21-31)29-9-6-8-27(20-29)23-44-37(47)34-14-4-5-15-35(34)38(44)48/h1-21,33,36,39,46H,22-25H2. The van der Waals surface area contributed by atoms with E-state index in [-0.39, 0.29) is 37.2 Å². The number of fused-ring (bicyclic) bond motifs is 1. The Kier molecular flexibility index (Phi) is 9.25. The Morgan fingerprint density at radius 1 is 0.725 bits per heavy atom. The lowest BCUT2D eigenvalue weighted by atomic mass is 9.99. The lowest BCUT2D eigenvalue weighted by Crippen LogP contribution is -2.31. The third kappa shape index (κ3) is 6.84. The summed E-state index contributed by atoms with van der Waals surface area (Å²) in [6, 6.07) is 40.4. The molecule has 2 amide bonds. The van der Waals surface area contributed by atoms with E-state index in [1.807, 2.05) is 97.1 Å². The number of aliphatic hydroxyl groups is 1. The third-order valence-electron chi connectivity index (χ3n) is 9.09. The summed E-state index contributed by atoms with van der Waals surface area (Å²) in [4.78, 5) is 27.3. The van der Waals surface area contributed by atoms with Crippen molar-refractivity contribution in [3.05, 3.63) is 161 Å². The molecule has 0 spiro atoms. The Hall–Kier alpha value is -5.46. The van der Waals surface area contributed by atoms with Crippen LogP contribution >= 0.6 is 11.8 Å². The van der Waals surface area contributed by atoms with E-state index in [1.54, 1.807) is 28.9 Å². The number of aromatic nitrogens is 4. The first-order valence-corrected chi connectivity index (χ1v) is 17.6. The van der Waals surface area contributed by atoms with Gasteiger partial charge in [-0.05, 0) is 74.6 Å². The molecule has 1 aromatic heterocycles. The maximum absolute atomic E-state index is 13.0. The molecule has 1 fully saturated rings. The molecule has 2 aliphatic heterocycles. The molecule has 0 radical (unpaired) electrons. The summed E-state index contributed by atoms with van der Waals surface area (Å²) in [5.41, 5.74) is 7.19. The van der Waals surface area contributed by atoms with Crippen molar-refractivity contribution in [2.75, 3.05) is 5.75 Å². The number of rotatable bonds is 10. The molecule has 6 aromatic rings. The van der Waals surface area contributed by atoms with Crippen LogP contribution in [0.25, 0.3) is 16.8 Å². The van der Waals surface area contributed by atoms with Crippen LogP contribution in [0.5, 0.6) is 0 Å². The molecule has 0 aliphatic carbocycles. The number of aliphatic hydroxyl groups excluding tert-OH is 1. The largest absolute Gasteiger partial charge is 0.392 e. The van der Waals surface area contributed by atoms with E-state index in [2.05, 4.69) is 21.6 Å². The summed E-state index contributed by atoms with van der Waals surface area (Å²) in [7, 11) is 0. The van der Waals surface area contributed by atoms with Gasteiger partial charge in [0.05, 0.1) is 42.2 Å². The minimum Gasteiger partial charge on any atom is -0.392 e. The van der Waals surface area contributed by atoms with E-state index in [0.717, 1.165) is 39.1 Å². The summed E-state index contributed by atoms with van der Waals surface area (Å²) in [6.45, 7) is 0.150. The highest BCUT2D eigenvalue weighted by molar-refractivity contribution is 7.99. The Morgan fingerprint density at radius 2 is 1.43 bits per heavy atom. The van der Waals surface area contributed by atoms with Crippen LogP contribution in [0.15, 0.2) is 133 Å². The van der Waals surface area contributed by atoms with Crippen LogP contribution in [0.1, 0.15) is 61.8 Å². The molecule has 2 aliphatic rings. The maximum atomic E-state index is 13.0. The van der Waals surface area contributed by atoms with Gasteiger partial charge in [0.25, 0.3) is 11.8 Å². The lowest BCUT2D eigenvalue weighted by Gasteiger charge is -2.36. The first-order valence-electron chi connectivity index (χ1n) is 16.7. The molecule has 0 bridgehead atoms. The van der Waals surface area contributed by atoms with Gasteiger partial charge < -0.3 is 14.6 Å². The molecule has 3 atom stereocenters. The number of hydrogen-bond acceptors (Lipinski definition) is 9. The number of tetrazole rings is 1. The van der Waals surface area contributed by atoms with Crippen LogP contribution in [0, 0.1) is 0 Å². The minimum atomic E-state index is -0.654. The number of amides is 2. The maximum Gasteiger partial charge on any atom is 0.261 e. The number of para-hydroxylation sites is 1. The fraction of sp³-hybridized carbons (Fsp3) is 0.175. The van der Waals surface area contributed by atoms with Crippen LogP contribution in [0.4, 0.5) is 0 Å². The van der Waals surface area contributed by atoms with E-state index in [0.29, 0.717) is 28.5 Å². The Bertz CT molecular complexity index is 2160. The monoisotopic (exact) mass is 695 g/mol. The number of carbonyl (C=O) groups excluding carboxylic acids is 2. The van der Waals surface area contributed by atoms with Crippen LogP contribution < -0.4 is 0 Å². The second-order valence-corrected chi connectivity index (χ2v) is 13.4. The quantitative estimate of drug-likeness (QED) is 0.120. The number of carbonyl (C=O) groups is 2. The van der Waals surface area contributed by atoms with Gasteiger partial charge in [-0.25, -0.2) is 0 Å². The summed E-state index contributed by atoms with van der Waals surface area (Å²) >= 11 is 1.53. The highest BCUT2D eigenvalue weighted by Gasteiger charge is 2.35. The van der Waals surface area contributed by atoms with Gasteiger partial charge in [-0.2, -0.15) is 4.68 Å². The van der Waals surface area contributed by atoms with Crippen molar-refractivity contribution in [3.8, 4) is 16.8 Å². The number of benzene rings is 5. The molecule has 3 heterocycles. The Balaban J connectivity index is 1.03. The third-order valence-corrected chi connectivity index (χ3v) is 10.1. The SMILES string of the molecule is O=C1c2ccccc2C(=O)N1Cc1cccc(-c2cccc(C3OC(CSc4nnnn4-c4ccccc4)CC(c4ccc(CO)cc4)O3)c2)c1. The van der Waals surface area contributed by atoms with Gasteiger partial charge in [0.2, 0.25) is 5.16 Å². The van der Waals surface area contributed by atoms with Gasteiger partial charge in [0.15, 0.2) is 6.29 Å². The second-order valence-electron chi connectivity index (χ2n) is 12.4. The van der Waals surface area contributed by atoms with Gasteiger partial charge in [-0.15, -0.1) is 5.10 Å². The molecule has 254 valence electrons. The topological polar surface area (TPSA) is 120 Å². The van der Waals surface area contributed by atoms with E-state index in [1.165, 1.54) is 16.7 Å². The summed E-state index contributed by atoms with van der Waals surface area (Å²) < 4.78 is 15.0. The van der Waals surface area contributed by atoms with E-state index in [9.17, 15) is 14.7 Å². The van der Waals surface area contributed by atoms with Crippen LogP contribution in [0.2, 0.25) is 0 Å². The zero-order valence-electron chi connectivity index (χ0n) is 27.4. The van der Waals surface area contributed by atoms with Crippen LogP contribution in [-0.2, 0) is 22.6 Å². The molecule has 1 N–H and O–H groups in total. The van der Waals surface area contributed by atoms with Crippen molar-refractivity contribution in [2.24, 2.45) is 0 Å². The highest BCUT2D eigenvalue weighted by atomic mass is 32.2. The summed E-state index contributed by atoms with van der Waals surface area (Å²) in [6.07, 6.45) is -0.477. The van der Waals surface area contributed by atoms with E-state index < -0.39 is 6.29 Å². The predicted molar refractivity (Wildman–Crippen MR) is 191 cm³/mol. The summed E-state index contributed by atoms with van der Waals surface area (Å²) in [5, 5.41) is 22.6. The average molecular weight is 696 g/mol. The fourth-order valence-corrected chi connectivity index (χ4v) is 7.38. The van der Waals surface area contributed by atoms with Crippen molar-refractivity contribution in [2.45, 2.75) is 43.2 Å². The van der Waals surface area contributed by atoms with E-state index >= 15 is 0 Å². The predicted octanol–water partition coefficient (Wildman–Crippen LogP) is 6.96. The summed E-state index contributed by atoms with van der Waals surface area (Å²) in [5.74, 6) is 0.0385. The zero-order valence-corrected chi connectivity index (χ0v) is 28.2. The number of imide groups is 1. The molecule has 5 aromatic carbocycles. The Morgan fingerprint density at radius 3 is 2.18 bits per heavy atom. The molecule has 3 unspecified atom stereocenters. The van der Waals surface area contributed by atoms with Crippen molar-refractivity contribution in [1.82, 2.24) is 25.1 Å². The van der Waals surface area contributed by atoms with Gasteiger partial charge in [0.1, 0.15) is 0 Å². The first kappa shape index (κ1) is 32.7. The molecular weight excluding hydrogens is 663 g/mol. The van der Waals surface area contributed by atoms with Crippen molar-refractivity contribution in [1.29, 1.82) is 0 Å². The van der Waals surface area contributed by atoms with Crippen molar-refractivity contribution < 1.29 is 24.2 Å². The normalized spacial score (nSPS) is 18.6. The van der Waals surface area contributed by atoms with Crippen molar-refractivity contribution >= 4 is 23.6 Å². The lowest BCUT2D eigenvalue weighted by molar-refractivity contribution is -0.245. The number of ether oxygens (including phenoxy) is 2. The van der Waals surface area contributed by atoms with Crippen LogP contribution in [0.3, 0.4) is 0 Å². The molecule has 11 heteroatoms. The second kappa shape index (κ2) is 14.4. The molecule has 10 nitrogen and oxygen atoms in total. The zero-order chi connectivity index (χ0) is 34.7. The number of nitrogens with zero attached hydrogens (tertiary/aromatic N) is 5. The smallest absolute Gasteiger partial charge is 0.261 e. The van der Waals surface area contributed by atoms with Gasteiger partial charge in [-0.3, -0.25) is 14.5 Å². The fourth-order valence-electron chi connectivity index (χ4n) is 6.47. The molecule has 8 rings (SSSR count). The van der Waals surface area contributed by atoms with Crippen LogP contribution in [-0.4, -0.2) is 53.9 Å². The average Bonchev–Trinajstić information content (AvgIpc) is 3.76. The number of hydrogen-bond donors (Lipinski definition) is 1.